The Hall–Kier alpha value is -1.85. The van der Waals surface area contributed by atoms with Gasteiger partial charge in [-0.05, 0) is 46.3 Å². The molecule has 1 amide bonds. The number of aliphatic hydroxyl groups excluding tert-OH is 1. The molecule has 0 heterocycles. The lowest BCUT2D eigenvalue weighted by atomic mass is 10.1. The summed E-state index contributed by atoms with van der Waals surface area (Å²) < 4.78 is 5.85. The Kier molecular flexibility index (Phi) is 4.76. The number of hydrogen-bond acceptors (Lipinski definition) is 3. The summed E-state index contributed by atoms with van der Waals surface area (Å²) >= 11 is 3.34. The number of halogens is 1. The van der Waals surface area contributed by atoms with Crippen LogP contribution in [0.5, 0.6) is 5.75 Å². The van der Waals surface area contributed by atoms with Crippen molar-refractivity contribution in [1.82, 2.24) is 0 Å². The lowest BCUT2D eigenvalue weighted by Gasteiger charge is -2.10. The minimum Gasteiger partial charge on any atom is -0.496 e. The van der Waals surface area contributed by atoms with Crippen LogP contribution in [-0.2, 0) is 6.61 Å². The molecule has 0 saturated heterocycles. The molecule has 2 rings (SSSR count). The highest BCUT2D eigenvalue weighted by Crippen LogP contribution is 2.24. The first-order chi connectivity index (χ1) is 9.65. The SMILES string of the molecule is COc1ccc(NC(=O)c2ccccc2Br)cc1CO. The zero-order chi connectivity index (χ0) is 14.5. The van der Waals surface area contributed by atoms with Crippen molar-refractivity contribution in [3.63, 3.8) is 0 Å². The number of carbonyl (C=O) groups excluding carboxylic acids is 1. The number of carbonyl (C=O) groups is 1. The second-order valence-electron chi connectivity index (χ2n) is 4.12. The Balaban J connectivity index is 2.22. The minimum absolute atomic E-state index is 0.151. The third-order valence-corrected chi connectivity index (χ3v) is 3.52. The predicted octanol–water partition coefficient (Wildman–Crippen LogP) is 3.20. The average molecular weight is 336 g/mol. The zero-order valence-corrected chi connectivity index (χ0v) is 12.5. The van der Waals surface area contributed by atoms with Gasteiger partial charge in [0.05, 0.1) is 19.3 Å². The molecule has 0 aliphatic carbocycles. The first-order valence-electron chi connectivity index (χ1n) is 5.99. The van der Waals surface area contributed by atoms with Crippen molar-refractivity contribution in [2.45, 2.75) is 6.61 Å². The van der Waals surface area contributed by atoms with E-state index in [2.05, 4.69) is 21.2 Å². The van der Waals surface area contributed by atoms with E-state index >= 15 is 0 Å². The van der Waals surface area contributed by atoms with E-state index in [-0.39, 0.29) is 12.5 Å². The standard InChI is InChI=1S/C15H14BrNO3/c1-20-14-7-6-11(8-10(14)9-18)17-15(19)12-4-2-3-5-13(12)16/h2-8,18H,9H2,1H3,(H,17,19). The van der Waals surface area contributed by atoms with Crippen LogP contribution in [0.15, 0.2) is 46.9 Å². The van der Waals surface area contributed by atoms with E-state index in [0.29, 0.717) is 22.6 Å². The number of benzene rings is 2. The summed E-state index contributed by atoms with van der Waals surface area (Å²) in [5.41, 5.74) is 1.78. The monoisotopic (exact) mass is 335 g/mol. The van der Waals surface area contributed by atoms with Crippen LogP contribution in [0, 0.1) is 0 Å². The lowest BCUT2D eigenvalue weighted by Crippen LogP contribution is -2.12. The molecule has 5 heteroatoms. The molecular weight excluding hydrogens is 322 g/mol. The van der Waals surface area contributed by atoms with Crippen LogP contribution in [0.3, 0.4) is 0 Å². The highest BCUT2D eigenvalue weighted by molar-refractivity contribution is 9.10. The van der Waals surface area contributed by atoms with Gasteiger partial charge in [-0.25, -0.2) is 0 Å². The van der Waals surface area contributed by atoms with E-state index in [1.54, 1.807) is 30.3 Å². The Morgan fingerprint density at radius 3 is 2.70 bits per heavy atom. The molecule has 2 aromatic rings. The highest BCUT2D eigenvalue weighted by Gasteiger charge is 2.10. The first-order valence-corrected chi connectivity index (χ1v) is 6.78. The van der Waals surface area contributed by atoms with Crippen molar-refractivity contribution in [2.24, 2.45) is 0 Å². The first kappa shape index (κ1) is 14.6. The maximum Gasteiger partial charge on any atom is 0.256 e. The number of methoxy groups -OCH3 is 1. The van der Waals surface area contributed by atoms with Crippen LogP contribution in [0.25, 0.3) is 0 Å². The molecule has 2 aromatic carbocycles. The van der Waals surface area contributed by atoms with Crippen LogP contribution in [0.1, 0.15) is 15.9 Å². The van der Waals surface area contributed by atoms with Gasteiger partial charge in [-0.3, -0.25) is 4.79 Å². The molecule has 104 valence electrons. The van der Waals surface area contributed by atoms with Gasteiger partial charge < -0.3 is 15.2 Å². The van der Waals surface area contributed by atoms with Crippen molar-refractivity contribution in [3.05, 3.63) is 58.1 Å². The Labute approximate surface area is 125 Å². The van der Waals surface area contributed by atoms with Gasteiger partial charge >= 0.3 is 0 Å². The molecule has 20 heavy (non-hydrogen) atoms. The van der Waals surface area contributed by atoms with Crippen LogP contribution in [-0.4, -0.2) is 18.1 Å². The molecule has 0 bridgehead atoms. The van der Waals surface area contributed by atoms with Crippen LogP contribution in [0.2, 0.25) is 0 Å². The maximum atomic E-state index is 12.2. The van der Waals surface area contributed by atoms with E-state index in [9.17, 15) is 9.90 Å². The number of nitrogens with one attached hydrogen (secondary N) is 1. The van der Waals surface area contributed by atoms with Crippen molar-refractivity contribution in [3.8, 4) is 5.75 Å². The molecule has 0 aromatic heterocycles. The molecule has 0 unspecified atom stereocenters. The van der Waals surface area contributed by atoms with E-state index in [4.69, 9.17) is 4.74 Å². The fraction of sp³-hybridized carbons (Fsp3) is 0.133. The summed E-state index contributed by atoms with van der Waals surface area (Å²) in [6.45, 7) is -0.151. The van der Waals surface area contributed by atoms with Crippen molar-refractivity contribution < 1.29 is 14.6 Å². The van der Waals surface area contributed by atoms with Gasteiger partial charge in [-0.15, -0.1) is 0 Å². The molecule has 0 radical (unpaired) electrons. The molecule has 0 fully saturated rings. The normalized spacial score (nSPS) is 10.2. The summed E-state index contributed by atoms with van der Waals surface area (Å²) in [7, 11) is 1.54. The van der Waals surface area contributed by atoms with Gasteiger partial charge in [-0.2, -0.15) is 0 Å². The highest BCUT2D eigenvalue weighted by atomic mass is 79.9. The summed E-state index contributed by atoms with van der Waals surface area (Å²) in [5, 5.41) is 12.1. The largest absolute Gasteiger partial charge is 0.496 e. The summed E-state index contributed by atoms with van der Waals surface area (Å²) in [6.07, 6.45) is 0. The molecular formula is C15H14BrNO3. The quantitative estimate of drug-likeness (QED) is 0.901. The lowest BCUT2D eigenvalue weighted by molar-refractivity contribution is 0.102. The third kappa shape index (κ3) is 3.18. The molecule has 4 nitrogen and oxygen atoms in total. The number of hydrogen-bond donors (Lipinski definition) is 2. The number of ether oxygens (including phenoxy) is 1. The van der Waals surface area contributed by atoms with Crippen molar-refractivity contribution in [1.29, 1.82) is 0 Å². The molecule has 0 atom stereocenters. The predicted molar refractivity (Wildman–Crippen MR) is 81.0 cm³/mol. The Morgan fingerprint density at radius 1 is 1.30 bits per heavy atom. The summed E-state index contributed by atoms with van der Waals surface area (Å²) in [5.74, 6) is 0.373. The van der Waals surface area contributed by atoms with Crippen LogP contribution in [0.4, 0.5) is 5.69 Å². The van der Waals surface area contributed by atoms with E-state index < -0.39 is 0 Å². The fourth-order valence-corrected chi connectivity index (χ4v) is 2.29. The second kappa shape index (κ2) is 6.54. The Morgan fingerprint density at radius 2 is 2.05 bits per heavy atom. The molecule has 0 aliphatic heterocycles. The van der Waals surface area contributed by atoms with E-state index in [1.165, 1.54) is 7.11 Å². The van der Waals surface area contributed by atoms with Gasteiger partial charge in [-0.1, -0.05) is 12.1 Å². The van der Waals surface area contributed by atoms with E-state index in [1.807, 2.05) is 12.1 Å². The minimum atomic E-state index is -0.216. The van der Waals surface area contributed by atoms with E-state index in [0.717, 1.165) is 4.47 Å². The van der Waals surface area contributed by atoms with Crippen molar-refractivity contribution >= 4 is 27.5 Å². The number of rotatable bonds is 4. The van der Waals surface area contributed by atoms with Crippen molar-refractivity contribution in [2.75, 3.05) is 12.4 Å². The maximum absolute atomic E-state index is 12.2. The fourth-order valence-electron chi connectivity index (χ4n) is 1.82. The molecule has 0 saturated carbocycles. The number of aliphatic hydroxyl groups is 1. The second-order valence-corrected chi connectivity index (χ2v) is 4.97. The molecule has 0 aliphatic rings. The third-order valence-electron chi connectivity index (χ3n) is 2.83. The van der Waals surface area contributed by atoms with Gasteiger partial charge in [0.2, 0.25) is 0 Å². The zero-order valence-electron chi connectivity index (χ0n) is 10.9. The van der Waals surface area contributed by atoms with Gasteiger partial charge in [0, 0.05) is 15.7 Å². The van der Waals surface area contributed by atoms with Gasteiger partial charge in [0.25, 0.3) is 5.91 Å². The van der Waals surface area contributed by atoms with Gasteiger partial charge in [0.15, 0.2) is 0 Å². The average Bonchev–Trinajstić information content (AvgIpc) is 2.47. The number of amides is 1. The topological polar surface area (TPSA) is 58.6 Å². The smallest absolute Gasteiger partial charge is 0.256 e. The summed E-state index contributed by atoms with van der Waals surface area (Å²) in [6, 6.07) is 12.3. The Bertz CT molecular complexity index is 628. The van der Waals surface area contributed by atoms with Crippen LogP contribution >= 0.6 is 15.9 Å². The molecule has 2 N–H and O–H groups in total. The number of anilines is 1. The summed E-state index contributed by atoms with van der Waals surface area (Å²) in [4.78, 5) is 12.2. The molecule has 0 spiro atoms. The van der Waals surface area contributed by atoms with Gasteiger partial charge in [0.1, 0.15) is 5.75 Å². The van der Waals surface area contributed by atoms with Crippen LogP contribution < -0.4 is 10.1 Å².